The molecule has 0 nitrogen and oxygen atoms in total. The van der Waals surface area contributed by atoms with Crippen molar-refractivity contribution in [2.75, 3.05) is 6.26 Å². The van der Waals surface area contributed by atoms with Crippen LogP contribution in [0.1, 0.15) is 0 Å². The number of hydrogen-bond donors (Lipinski definition) is 0. The summed E-state index contributed by atoms with van der Waals surface area (Å²) in [6, 6.07) is 4.40. The quantitative estimate of drug-likeness (QED) is 0.460. The number of halogens is 2. The summed E-state index contributed by atoms with van der Waals surface area (Å²) in [4.78, 5) is 1.41. The fourth-order valence-electron chi connectivity index (χ4n) is 1.19. The lowest BCUT2D eigenvalue weighted by Gasteiger charge is -2.00. The molecule has 0 unspecified atom stereocenters. The molecule has 0 saturated heterocycles. The third kappa shape index (κ3) is 1.87. The molecule has 1 aromatic carbocycles. The summed E-state index contributed by atoms with van der Waals surface area (Å²) >= 11 is 8.49. The second-order valence-corrected chi connectivity index (χ2v) is 6.54. The van der Waals surface area contributed by atoms with Gasteiger partial charge in [0, 0.05) is 27.5 Å². The summed E-state index contributed by atoms with van der Waals surface area (Å²) in [5, 5.41) is 3.68. The van der Waals surface area contributed by atoms with E-state index in [0.29, 0.717) is 0 Å². The fraction of sp³-hybridized carbons (Fsp3) is 0.111. The molecule has 0 aliphatic rings. The molecule has 2 aromatic rings. The molecular formula is C9H6I2S2. The van der Waals surface area contributed by atoms with Crippen LogP contribution in [0.5, 0.6) is 0 Å². The van der Waals surface area contributed by atoms with Crippen LogP contribution in [0.15, 0.2) is 22.4 Å². The van der Waals surface area contributed by atoms with Crippen molar-refractivity contribution in [3.05, 3.63) is 24.7 Å². The Balaban J connectivity index is 2.85. The molecule has 0 atom stereocenters. The monoisotopic (exact) mass is 432 g/mol. The van der Waals surface area contributed by atoms with E-state index in [9.17, 15) is 0 Å². The lowest BCUT2D eigenvalue weighted by Crippen LogP contribution is -1.79. The van der Waals surface area contributed by atoms with Gasteiger partial charge in [-0.25, -0.2) is 0 Å². The summed E-state index contributed by atoms with van der Waals surface area (Å²) < 4.78 is 4.13. The van der Waals surface area contributed by atoms with E-state index < -0.39 is 0 Å². The van der Waals surface area contributed by atoms with E-state index >= 15 is 0 Å². The van der Waals surface area contributed by atoms with E-state index in [-0.39, 0.29) is 0 Å². The zero-order valence-corrected chi connectivity index (χ0v) is 12.8. The number of fused-ring (bicyclic) bond motifs is 1. The van der Waals surface area contributed by atoms with E-state index in [4.69, 9.17) is 0 Å². The van der Waals surface area contributed by atoms with E-state index in [2.05, 4.69) is 69.0 Å². The highest BCUT2D eigenvalue weighted by molar-refractivity contribution is 14.1. The predicted octanol–water partition coefficient (Wildman–Crippen LogP) is 4.83. The van der Waals surface area contributed by atoms with Crippen molar-refractivity contribution >= 4 is 78.4 Å². The predicted molar refractivity (Wildman–Crippen MR) is 79.0 cm³/mol. The average molecular weight is 432 g/mol. The van der Waals surface area contributed by atoms with Crippen LogP contribution in [-0.4, -0.2) is 6.26 Å². The Morgan fingerprint density at radius 3 is 2.77 bits per heavy atom. The molecule has 0 spiro atoms. The molecule has 13 heavy (non-hydrogen) atoms. The van der Waals surface area contributed by atoms with Gasteiger partial charge in [-0.1, -0.05) is 0 Å². The normalized spacial score (nSPS) is 11.0. The first kappa shape index (κ1) is 10.5. The minimum absolute atomic E-state index is 1.35. The number of thiophene rings is 1. The van der Waals surface area contributed by atoms with Crippen molar-refractivity contribution in [3.8, 4) is 0 Å². The SMILES string of the molecule is CSc1csc2ccc(I)c(I)c12. The number of benzene rings is 1. The summed E-state index contributed by atoms with van der Waals surface area (Å²) in [5.41, 5.74) is 0. The molecule has 68 valence electrons. The second-order valence-electron chi connectivity index (χ2n) is 2.54. The lowest BCUT2D eigenvalue weighted by molar-refractivity contribution is 1.60. The molecule has 0 bridgehead atoms. The van der Waals surface area contributed by atoms with Crippen LogP contribution in [0.25, 0.3) is 10.1 Å². The summed E-state index contributed by atoms with van der Waals surface area (Å²) in [6.45, 7) is 0. The molecule has 0 aliphatic heterocycles. The van der Waals surface area contributed by atoms with Gasteiger partial charge in [-0.2, -0.15) is 0 Å². The van der Waals surface area contributed by atoms with Gasteiger partial charge in [0.25, 0.3) is 0 Å². The van der Waals surface area contributed by atoms with Crippen LogP contribution in [-0.2, 0) is 0 Å². The van der Waals surface area contributed by atoms with Crippen molar-refractivity contribution in [2.24, 2.45) is 0 Å². The van der Waals surface area contributed by atoms with Gasteiger partial charge in [-0.05, 0) is 63.6 Å². The standard InChI is InChI=1S/C9H6I2S2/c1-12-7-4-13-6-3-2-5(10)9(11)8(6)7/h2-4H,1H3. The summed E-state index contributed by atoms with van der Waals surface area (Å²) in [7, 11) is 0. The maximum atomic E-state index is 2.43. The minimum atomic E-state index is 1.35. The van der Waals surface area contributed by atoms with E-state index in [0.717, 1.165) is 0 Å². The Morgan fingerprint density at radius 1 is 1.31 bits per heavy atom. The maximum Gasteiger partial charge on any atom is 0.0365 e. The molecular weight excluding hydrogens is 426 g/mol. The molecule has 1 heterocycles. The molecule has 0 fully saturated rings. The van der Waals surface area contributed by atoms with Gasteiger partial charge in [-0.3, -0.25) is 0 Å². The molecule has 0 N–H and O–H groups in total. The molecule has 2 rings (SSSR count). The zero-order chi connectivity index (χ0) is 9.42. The third-order valence-corrected chi connectivity index (χ3v) is 6.73. The lowest BCUT2D eigenvalue weighted by atomic mass is 10.3. The minimum Gasteiger partial charge on any atom is -0.143 e. The number of thioether (sulfide) groups is 1. The van der Waals surface area contributed by atoms with E-state index in [1.54, 1.807) is 0 Å². The number of hydrogen-bond acceptors (Lipinski definition) is 2. The van der Waals surface area contributed by atoms with E-state index in [1.807, 2.05) is 23.1 Å². The highest BCUT2D eigenvalue weighted by Crippen LogP contribution is 2.36. The highest BCUT2D eigenvalue weighted by atomic mass is 127. The van der Waals surface area contributed by atoms with Crippen molar-refractivity contribution in [2.45, 2.75) is 4.90 Å². The van der Waals surface area contributed by atoms with E-state index in [1.165, 1.54) is 22.1 Å². The Bertz CT molecular complexity index is 448. The summed E-state index contributed by atoms with van der Waals surface area (Å²) in [5.74, 6) is 0. The van der Waals surface area contributed by atoms with Crippen LogP contribution < -0.4 is 0 Å². The smallest absolute Gasteiger partial charge is 0.0365 e. The molecule has 0 aliphatic carbocycles. The molecule has 0 saturated carbocycles. The van der Waals surface area contributed by atoms with Crippen molar-refractivity contribution < 1.29 is 0 Å². The van der Waals surface area contributed by atoms with Crippen LogP contribution >= 0.6 is 68.3 Å². The van der Waals surface area contributed by atoms with Crippen LogP contribution in [0.3, 0.4) is 0 Å². The van der Waals surface area contributed by atoms with Gasteiger partial charge in [-0.15, -0.1) is 23.1 Å². The molecule has 0 amide bonds. The Labute approximate surface area is 113 Å². The van der Waals surface area contributed by atoms with Gasteiger partial charge in [0.05, 0.1) is 0 Å². The highest BCUT2D eigenvalue weighted by Gasteiger charge is 2.08. The zero-order valence-electron chi connectivity index (χ0n) is 6.80. The Kier molecular flexibility index (Phi) is 3.43. The Hall–Kier alpha value is 0.990. The van der Waals surface area contributed by atoms with Crippen molar-refractivity contribution in [1.29, 1.82) is 0 Å². The van der Waals surface area contributed by atoms with Crippen molar-refractivity contribution in [1.82, 2.24) is 0 Å². The van der Waals surface area contributed by atoms with Crippen LogP contribution in [0.2, 0.25) is 0 Å². The third-order valence-electron chi connectivity index (χ3n) is 1.82. The van der Waals surface area contributed by atoms with Gasteiger partial charge < -0.3 is 0 Å². The van der Waals surface area contributed by atoms with Gasteiger partial charge in [0.1, 0.15) is 0 Å². The van der Waals surface area contributed by atoms with Gasteiger partial charge in [0.2, 0.25) is 0 Å². The second kappa shape index (κ2) is 4.24. The molecule has 4 heteroatoms. The maximum absolute atomic E-state index is 2.43. The first-order valence-electron chi connectivity index (χ1n) is 3.63. The van der Waals surface area contributed by atoms with Gasteiger partial charge >= 0.3 is 0 Å². The number of rotatable bonds is 1. The Morgan fingerprint density at radius 2 is 2.08 bits per heavy atom. The van der Waals surface area contributed by atoms with Gasteiger partial charge in [0.15, 0.2) is 0 Å². The molecule has 1 aromatic heterocycles. The first-order valence-corrected chi connectivity index (χ1v) is 7.89. The topological polar surface area (TPSA) is 0 Å². The molecule has 0 radical (unpaired) electrons. The van der Waals surface area contributed by atoms with Crippen LogP contribution in [0.4, 0.5) is 0 Å². The first-order chi connectivity index (χ1) is 6.24. The average Bonchev–Trinajstić information content (AvgIpc) is 2.55. The largest absolute Gasteiger partial charge is 0.143 e. The summed E-state index contributed by atoms with van der Waals surface area (Å²) in [6.07, 6.45) is 2.14. The fourth-order valence-corrected chi connectivity index (χ4v) is 4.60. The van der Waals surface area contributed by atoms with Crippen LogP contribution in [0, 0.1) is 7.14 Å². The van der Waals surface area contributed by atoms with Crippen molar-refractivity contribution in [3.63, 3.8) is 0 Å².